The van der Waals surface area contributed by atoms with Crippen LogP contribution in [0.5, 0.6) is 0 Å². The van der Waals surface area contributed by atoms with Crippen LogP contribution < -0.4 is 5.73 Å². The SMILES string of the molecule is CC(Cc1ccccc1)(C(N)=O)c1ccccc1. The smallest absolute Gasteiger partial charge is 0.228 e. The van der Waals surface area contributed by atoms with Gasteiger partial charge in [0, 0.05) is 0 Å². The van der Waals surface area contributed by atoms with Gasteiger partial charge in [0.1, 0.15) is 0 Å². The molecule has 1 atom stereocenters. The zero-order valence-electron chi connectivity index (χ0n) is 10.5. The van der Waals surface area contributed by atoms with Gasteiger partial charge in [-0.05, 0) is 24.5 Å². The highest BCUT2D eigenvalue weighted by Gasteiger charge is 2.33. The van der Waals surface area contributed by atoms with Crippen LogP contribution in [0.1, 0.15) is 18.1 Å². The predicted octanol–water partition coefficient (Wildman–Crippen LogP) is 2.67. The number of hydrogen-bond donors (Lipinski definition) is 1. The Morgan fingerprint density at radius 3 is 2.00 bits per heavy atom. The molecular weight excluding hydrogens is 222 g/mol. The van der Waals surface area contributed by atoms with Crippen LogP contribution in [0.4, 0.5) is 0 Å². The molecular formula is C16H17NO. The summed E-state index contributed by atoms with van der Waals surface area (Å²) in [5.41, 5.74) is 7.02. The third-order valence-electron chi connectivity index (χ3n) is 3.36. The van der Waals surface area contributed by atoms with Gasteiger partial charge in [-0.3, -0.25) is 4.79 Å². The summed E-state index contributed by atoms with van der Waals surface area (Å²) in [4.78, 5) is 11.8. The molecule has 2 heteroatoms. The predicted molar refractivity (Wildman–Crippen MR) is 73.1 cm³/mol. The maximum Gasteiger partial charge on any atom is 0.228 e. The highest BCUT2D eigenvalue weighted by Crippen LogP contribution is 2.27. The highest BCUT2D eigenvalue weighted by atomic mass is 16.1. The minimum atomic E-state index is -0.664. The second-order valence-electron chi connectivity index (χ2n) is 4.72. The third kappa shape index (κ3) is 2.43. The summed E-state index contributed by atoms with van der Waals surface area (Å²) < 4.78 is 0. The van der Waals surface area contributed by atoms with E-state index in [1.54, 1.807) is 0 Å². The molecule has 2 N–H and O–H groups in total. The maximum atomic E-state index is 11.8. The molecule has 0 saturated heterocycles. The summed E-state index contributed by atoms with van der Waals surface area (Å²) in [6, 6.07) is 19.7. The van der Waals surface area contributed by atoms with Crippen LogP contribution in [0.25, 0.3) is 0 Å². The third-order valence-corrected chi connectivity index (χ3v) is 3.36. The monoisotopic (exact) mass is 239 g/mol. The van der Waals surface area contributed by atoms with Crippen molar-refractivity contribution in [3.05, 3.63) is 71.8 Å². The molecule has 0 bridgehead atoms. The quantitative estimate of drug-likeness (QED) is 0.875. The first kappa shape index (κ1) is 12.4. The van der Waals surface area contributed by atoms with Crippen molar-refractivity contribution in [1.29, 1.82) is 0 Å². The summed E-state index contributed by atoms with van der Waals surface area (Å²) in [6.45, 7) is 1.90. The molecule has 2 aromatic rings. The fraction of sp³-hybridized carbons (Fsp3) is 0.188. The van der Waals surface area contributed by atoms with Crippen molar-refractivity contribution >= 4 is 5.91 Å². The van der Waals surface area contributed by atoms with E-state index in [4.69, 9.17) is 5.73 Å². The molecule has 0 aliphatic rings. The lowest BCUT2D eigenvalue weighted by molar-refractivity contribution is -0.123. The summed E-state index contributed by atoms with van der Waals surface area (Å²) in [5, 5.41) is 0. The van der Waals surface area contributed by atoms with E-state index in [1.165, 1.54) is 0 Å². The second kappa shape index (κ2) is 5.05. The number of hydrogen-bond acceptors (Lipinski definition) is 1. The lowest BCUT2D eigenvalue weighted by atomic mass is 9.77. The normalized spacial score (nSPS) is 13.8. The van der Waals surface area contributed by atoms with Crippen molar-refractivity contribution in [3.8, 4) is 0 Å². The van der Waals surface area contributed by atoms with Crippen molar-refractivity contribution in [3.63, 3.8) is 0 Å². The van der Waals surface area contributed by atoms with E-state index in [9.17, 15) is 4.79 Å². The van der Waals surface area contributed by atoms with E-state index in [0.717, 1.165) is 11.1 Å². The van der Waals surface area contributed by atoms with Gasteiger partial charge < -0.3 is 5.73 Å². The van der Waals surface area contributed by atoms with Gasteiger partial charge in [-0.1, -0.05) is 60.7 Å². The number of primary amides is 1. The Hall–Kier alpha value is -2.09. The van der Waals surface area contributed by atoms with E-state index in [2.05, 4.69) is 0 Å². The first-order valence-electron chi connectivity index (χ1n) is 6.02. The molecule has 0 fully saturated rings. The molecule has 0 radical (unpaired) electrons. The Bertz CT molecular complexity index is 521. The van der Waals surface area contributed by atoms with E-state index in [0.29, 0.717) is 6.42 Å². The van der Waals surface area contributed by atoms with Gasteiger partial charge in [-0.2, -0.15) is 0 Å². The molecule has 0 aliphatic heterocycles. The lowest BCUT2D eigenvalue weighted by Crippen LogP contribution is -2.40. The van der Waals surface area contributed by atoms with Crippen LogP contribution in [0.2, 0.25) is 0 Å². The Kier molecular flexibility index (Phi) is 3.47. The topological polar surface area (TPSA) is 43.1 Å². The zero-order chi connectivity index (χ0) is 13.0. The number of benzene rings is 2. The standard InChI is InChI=1S/C16H17NO/c1-16(15(17)18,14-10-6-3-7-11-14)12-13-8-4-2-5-9-13/h2-11H,12H2,1H3,(H2,17,18). The van der Waals surface area contributed by atoms with Gasteiger partial charge in [0.2, 0.25) is 5.91 Å². The molecule has 92 valence electrons. The van der Waals surface area contributed by atoms with Gasteiger partial charge in [0.15, 0.2) is 0 Å². The summed E-state index contributed by atoms with van der Waals surface area (Å²) in [7, 11) is 0. The number of carbonyl (C=O) groups is 1. The number of carbonyl (C=O) groups excluding carboxylic acids is 1. The first-order valence-corrected chi connectivity index (χ1v) is 6.02. The molecule has 0 aromatic heterocycles. The number of amides is 1. The zero-order valence-corrected chi connectivity index (χ0v) is 10.5. The molecule has 0 saturated carbocycles. The van der Waals surface area contributed by atoms with Gasteiger partial charge in [-0.25, -0.2) is 0 Å². The summed E-state index contributed by atoms with van der Waals surface area (Å²) >= 11 is 0. The Morgan fingerprint density at radius 1 is 1.00 bits per heavy atom. The second-order valence-corrected chi connectivity index (χ2v) is 4.72. The lowest BCUT2D eigenvalue weighted by Gasteiger charge is -2.26. The van der Waals surface area contributed by atoms with Crippen LogP contribution in [-0.2, 0) is 16.6 Å². The van der Waals surface area contributed by atoms with Crippen molar-refractivity contribution in [2.45, 2.75) is 18.8 Å². The molecule has 0 aliphatic carbocycles. The molecule has 0 spiro atoms. The van der Waals surface area contributed by atoms with Crippen LogP contribution in [0.15, 0.2) is 60.7 Å². The molecule has 18 heavy (non-hydrogen) atoms. The largest absolute Gasteiger partial charge is 0.369 e. The van der Waals surface area contributed by atoms with E-state index < -0.39 is 5.41 Å². The molecule has 1 unspecified atom stereocenters. The summed E-state index contributed by atoms with van der Waals surface area (Å²) in [5.74, 6) is -0.294. The van der Waals surface area contributed by atoms with Crippen LogP contribution >= 0.6 is 0 Å². The fourth-order valence-electron chi connectivity index (χ4n) is 2.14. The molecule has 2 nitrogen and oxygen atoms in total. The van der Waals surface area contributed by atoms with E-state index in [-0.39, 0.29) is 5.91 Å². The summed E-state index contributed by atoms with van der Waals surface area (Å²) in [6.07, 6.45) is 0.618. The minimum Gasteiger partial charge on any atom is -0.369 e. The Labute approximate surface area is 107 Å². The van der Waals surface area contributed by atoms with Gasteiger partial charge >= 0.3 is 0 Å². The first-order chi connectivity index (χ1) is 8.63. The highest BCUT2D eigenvalue weighted by molar-refractivity contribution is 5.86. The molecule has 2 rings (SSSR count). The van der Waals surface area contributed by atoms with Crippen molar-refractivity contribution in [2.75, 3.05) is 0 Å². The van der Waals surface area contributed by atoms with Gasteiger partial charge in [0.05, 0.1) is 5.41 Å². The van der Waals surface area contributed by atoms with Crippen molar-refractivity contribution in [1.82, 2.24) is 0 Å². The Balaban J connectivity index is 2.37. The fourth-order valence-corrected chi connectivity index (χ4v) is 2.14. The van der Waals surface area contributed by atoms with Crippen LogP contribution in [0, 0.1) is 0 Å². The van der Waals surface area contributed by atoms with E-state index in [1.807, 2.05) is 67.6 Å². The molecule has 1 amide bonds. The van der Waals surface area contributed by atoms with E-state index >= 15 is 0 Å². The minimum absolute atomic E-state index is 0.294. The van der Waals surface area contributed by atoms with Crippen LogP contribution in [-0.4, -0.2) is 5.91 Å². The maximum absolute atomic E-state index is 11.8. The average molecular weight is 239 g/mol. The number of nitrogens with two attached hydrogens (primary N) is 1. The van der Waals surface area contributed by atoms with Crippen molar-refractivity contribution in [2.24, 2.45) is 5.73 Å². The number of rotatable bonds is 4. The molecule has 2 aromatic carbocycles. The van der Waals surface area contributed by atoms with Crippen LogP contribution in [0.3, 0.4) is 0 Å². The average Bonchev–Trinajstić information content (AvgIpc) is 2.40. The Morgan fingerprint density at radius 2 is 1.50 bits per heavy atom. The molecule has 0 heterocycles. The van der Waals surface area contributed by atoms with Gasteiger partial charge in [0.25, 0.3) is 0 Å². The van der Waals surface area contributed by atoms with Gasteiger partial charge in [-0.15, -0.1) is 0 Å². The van der Waals surface area contributed by atoms with Crippen molar-refractivity contribution < 1.29 is 4.79 Å².